The van der Waals surface area contributed by atoms with Gasteiger partial charge in [-0.1, -0.05) is 18.6 Å². The molecule has 2 aromatic carbocycles. The average molecular weight is 438 g/mol. The van der Waals surface area contributed by atoms with E-state index < -0.39 is 16.6 Å². The van der Waals surface area contributed by atoms with Gasteiger partial charge in [0, 0.05) is 25.2 Å². The molecule has 0 unspecified atom stereocenters. The van der Waals surface area contributed by atoms with E-state index in [2.05, 4.69) is 10.1 Å². The molecule has 1 saturated heterocycles. The number of amides is 1. The molecule has 0 aromatic heterocycles. The number of hydrogen-bond acceptors (Lipinski definition) is 4. The van der Waals surface area contributed by atoms with Crippen LogP contribution in [0.2, 0.25) is 0 Å². The number of sulfonamides is 1. The number of carbonyl (C=O) groups excluding carboxylic acids is 1. The van der Waals surface area contributed by atoms with Crippen molar-refractivity contribution in [2.45, 2.75) is 43.6 Å². The molecular formula is C21H24F2N2O4S. The van der Waals surface area contributed by atoms with Crippen molar-refractivity contribution in [2.24, 2.45) is 0 Å². The van der Waals surface area contributed by atoms with E-state index in [4.69, 9.17) is 0 Å². The highest BCUT2D eigenvalue weighted by Crippen LogP contribution is 2.21. The summed E-state index contributed by atoms with van der Waals surface area (Å²) in [6.07, 6.45) is 3.47. The van der Waals surface area contributed by atoms with Crippen LogP contribution in [0.15, 0.2) is 53.4 Å². The molecule has 0 bridgehead atoms. The fraction of sp³-hybridized carbons (Fsp3) is 0.381. The van der Waals surface area contributed by atoms with Crippen molar-refractivity contribution in [3.63, 3.8) is 0 Å². The first-order valence-corrected chi connectivity index (χ1v) is 11.2. The monoisotopic (exact) mass is 438 g/mol. The van der Waals surface area contributed by atoms with Crippen molar-refractivity contribution in [1.82, 2.24) is 4.31 Å². The number of benzene rings is 2. The topological polar surface area (TPSA) is 75.7 Å². The third-order valence-electron chi connectivity index (χ3n) is 4.88. The summed E-state index contributed by atoms with van der Waals surface area (Å²) in [7, 11) is -3.47. The first kappa shape index (κ1) is 22.2. The summed E-state index contributed by atoms with van der Waals surface area (Å²) >= 11 is 0. The van der Waals surface area contributed by atoms with Crippen LogP contribution >= 0.6 is 0 Å². The number of carbonyl (C=O) groups is 1. The number of nitrogens with zero attached hydrogens (tertiary/aromatic N) is 1. The van der Waals surface area contributed by atoms with Gasteiger partial charge in [-0.2, -0.15) is 13.1 Å². The van der Waals surface area contributed by atoms with Gasteiger partial charge in [0.25, 0.3) is 0 Å². The van der Waals surface area contributed by atoms with Crippen molar-refractivity contribution in [1.29, 1.82) is 0 Å². The zero-order valence-corrected chi connectivity index (χ0v) is 17.2. The predicted molar refractivity (Wildman–Crippen MR) is 109 cm³/mol. The zero-order chi connectivity index (χ0) is 21.6. The van der Waals surface area contributed by atoms with Crippen LogP contribution in [0, 0.1) is 0 Å². The second-order valence-electron chi connectivity index (χ2n) is 7.06. The minimum Gasteiger partial charge on any atom is -0.435 e. The summed E-state index contributed by atoms with van der Waals surface area (Å²) in [6, 6.07) is 12.3. The summed E-state index contributed by atoms with van der Waals surface area (Å²) in [5.41, 5.74) is 1.33. The third-order valence-corrected chi connectivity index (χ3v) is 6.79. The summed E-state index contributed by atoms with van der Waals surface area (Å²) in [6.45, 7) is -1.79. The van der Waals surface area contributed by atoms with E-state index in [0.717, 1.165) is 24.8 Å². The Hall–Kier alpha value is -2.52. The summed E-state index contributed by atoms with van der Waals surface area (Å²) in [5.74, 6) is -0.217. The molecule has 0 spiro atoms. The van der Waals surface area contributed by atoms with Crippen LogP contribution in [0.5, 0.6) is 5.75 Å². The highest BCUT2D eigenvalue weighted by molar-refractivity contribution is 7.89. The molecule has 30 heavy (non-hydrogen) atoms. The van der Waals surface area contributed by atoms with Gasteiger partial charge in [0.15, 0.2) is 0 Å². The SMILES string of the molecule is O=C(CCc1ccc(S(=O)(=O)N2CCCCC2)cc1)Nc1ccc(OC(F)F)cc1. The lowest BCUT2D eigenvalue weighted by molar-refractivity contribution is -0.116. The highest BCUT2D eigenvalue weighted by atomic mass is 32.2. The number of piperidine rings is 1. The Morgan fingerprint density at radius 1 is 1.00 bits per heavy atom. The van der Waals surface area contributed by atoms with E-state index in [9.17, 15) is 22.0 Å². The van der Waals surface area contributed by atoms with Gasteiger partial charge in [-0.15, -0.1) is 0 Å². The summed E-state index contributed by atoms with van der Waals surface area (Å²) in [5, 5.41) is 2.69. The Morgan fingerprint density at radius 3 is 2.23 bits per heavy atom. The van der Waals surface area contributed by atoms with E-state index in [-0.39, 0.29) is 23.0 Å². The van der Waals surface area contributed by atoms with Crippen LogP contribution in [0.25, 0.3) is 0 Å². The van der Waals surface area contributed by atoms with E-state index >= 15 is 0 Å². The standard InChI is InChI=1S/C21H24F2N2O4S/c22-21(23)29-18-9-7-17(8-10-18)24-20(26)13-6-16-4-11-19(12-5-16)30(27,28)25-14-2-1-3-15-25/h4-5,7-12,21H,1-3,6,13-15H2,(H,24,26). The van der Waals surface area contributed by atoms with Gasteiger partial charge in [0.1, 0.15) is 5.75 Å². The fourth-order valence-corrected chi connectivity index (χ4v) is 4.80. The lowest BCUT2D eigenvalue weighted by Crippen LogP contribution is -2.35. The van der Waals surface area contributed by atoms with Gasteiger partial charge in [0.05, 0.1) is 4.90 Å². The Labute approximate surface area is 174 Å². The molecule has 1 N–H and O–H groups in total. The molecule has 1 heterocycles. The quantitative estimate of drug-likeness (QED) is 0.675. The first-order valence-electron chi connectivity index (χ1n) is 9.78. The second kappa shape index (κ2) is 9.99. The Balaban J connectivity index is 1.51. The number of rotatable bonds is 8. The smallest absolute Gasteiger partial charge is 0.387 e. The molecule has 2 aromatic rings. The number of aryl methyl sites for hydroxylation is 1. The van der Waals surface area contributed by atoms with Gasteiger partial charge in [-0.3, -0.25) is 4.79 Å². The lowest BCUT2D eigenvalue weighted by Gasteiger charge is -2.25. The van der Waals surface area contributed by atoms with Gasteiger partial charge in [-0.05, 0) is 61.2 Å². The maximum Gasteiger partial charge on any atom is 0.387 e. The van der Waals surface area contributed by atoms with Gasteiger partial charge in [0.2, 0.25) is 15.9 Å². The van der Waals surface area contributed by atoms with Crippen LogP contribution in [-0.4, -0.2) is 38.3 Å². The number of hydrogen-bond donors (Lipinski definition) is 1. The maximum atomic E-state index is 12.7. The maximum absolute atomic E-state index is 12.7. The number of nitrogens with one attached hydrogen (secondary N) is 1. The van der Waals surface area contributed by atoms with Crippen LogP contribution in [-0.2, 0) is 21.2 Å². The zero-order valence-electron chi connectivity index (χ0n) is 16.4. The number of alkyl halides is 2. The highest BCUT2D eigenvalue weighted by Gasteiger charge is 2.25. The van der Waals surface area contributed by atoms with Crippen LogP contribution in [0.1, 0.15) is 31.2 Å². The van der Waals surface area contributed by atoms with Gasteiger partial charge >= 0.3 is 6.61 Å². The lowest BCUT2D eigenvalue weighted by atomic mass is 10.1. The molecule has 6 nitrogen and oxygen atoms in total. The van der Waals surface area contributed by atoms with Gasteiger partial charge < -0.3 is 10.1 Å². The van der Waals surface area contributed by atoms with Crippen molar-refractivity contribution in [2.75, 3.05) is 18.4 Å². The number of anilines is 1. The van der Waals surface area contributed by atoms with E-state index in [0.29, 0.717) is 25.2 Å². The Kier molecular flexibility index (Phi) is 7.38. The molecule has 1 fully saturated rings. The molecule has 0 radical (unpaired) electrons. The third kappa shape index (κ3) is 5.99. The minimum atomic E-state index is -3.47. The van der Waals surface area contributed by atoms with Crippen molar-refractivity contribution in [3.05, 3.63) is 54.1 Å². The molecule has 0 aliphatic carbocycles. The average Bonchev–Trinajstić information content (AvgIpc) is 2.74. The number of halogens is 2. The number of ether oxygens (including phenoxy) is 1. The van der Waals surface area contributed by atoms with Gasteiger partial charge in [-0.25, -0.2) is 8.42 Å². The van der Waals surface area contributed by atoms with E-state index in [1.807, 2.05) is 0 Å². The van der Waals surface area contributed by atoms with Crippen molar-refractivity contribution < 1.29 is 26.7 Å². The van der Waals surface area contributed by atoms with Crippen molar-refractivity contribution >= 4 is 21.6 Å². The van der Waals surface area contributed by atoms with Crippen LogP contribution < -0.4 is 10.1 Å². The molecule has 9 heteroatoms. The predicted octanol–water partition coefficient (Wildman–Crippen LogP) is 4.03. The van der Waals surface area contributed by atoms with E-state index in [1.165, 1.54) is 28.6 Å². The fourth-order valence-electron chi connectivity index (χ4n) is 3.28. The molecule has 1 aliphatic heterocycles. The minimum absolute atomic E-state index is 0.0163. The molecular weight excluding hydrogens is 414 g/mol. The normalized spacial score (nSPS) is 15.2. The molecule has 162 valence electrons. The van der Waals surface area contributed by atoms with Crippen LogP contribution in [0.3, 0.4) is 0 Å². The Bertz CT molecular complexity index is 942. The molecule has 0 atom stereocenters. The molecule has 3 rings (SSSR count). The molecule has 0 saturated carbocycles. The first-order chi connectivity index (χ1) is 14.3. The largest absolute Gasteiger partial charge is 0.435 e. The Morgan fingerprint density at radius 2 is 1.63 bits per heavy atom. The molecule has 1 aliphatic rings. The van der Waals surface area contributed by atoms with Crippen molar-refractivity contribution in [3.8, 4) is 5.75 Å². The summed E-state index contributed by atoms with van der Waals surface area (Å²) in [4.78, 5) is 12.4. The summed E-state index contributed by atoms with van der Waals surface area (Å²) < 4.78 is 55.4. The van der Waals surface area contributed by atoms with E-state index in [1.54, 1.807) is 24.3 Å². The molecule has 1 amide bonds. The van der Waals surface area contributed by atoms with Crippen LogP contribution in [0.4, 0.5) is 14.5 Å². The second-order valence-corrected chi connectivity index (χ2v) is 9.00.